The van der Waals surface area contributed by atoms with Crippen molar-refractivity contribution in [1.82, 2.24) is 0 Å². The Morgan fingerprint density at radius 2 is 1.85 bits per heavy atom. The molecule has 0 aliphatic carbocycles. The Bertz CT molecular complexity index is 612. The van der Waals surface area contributed by atoms with Gasteiger partial charge in [-0.2, -0.15) is 0 Å². The average molecular weight is 268 g/mol. The Kier molecular flexibility index (Phi) is 4.56. The zero-order valence-corrected chi connectivity index (χ0v) is 11.2. The number of rotatable bonds is 4. The molecule has 1 N–H and O–H groups in total. The van der Waals surface area contributed by atoms with Crippen molar-refractivity contribution in [3.63, 3.8) is 0 Å². The first-order valence-electron chi connectivity index (χ1n) is 6.33. The van der Waals surface area contributed by atoms with E-state index in [0.29, 0.717) is 5.56 Å². The second-order valence-electron chi connectivity index (χ2n) is 4.49. The summed E-state index contributed by atoms with van der Waals surface area (Å²) in [5, 5.41) is 9.55. The van der Waals surface area contributed by atoms with E-state index in [4.69, 9.17) is 4.74 Å². The second-order valence-corrected chi connectivity index (χ2v) is 4.49. The van der Waals surface area contributed by atoms with Gasteiger partial charge in [-0.25, -0.2) is 4.79 Å². The fourth-order valence-electron chi connectivity index (χ4n) is 1.67. The molecule has 0 saturated carbocycles. The zero-order valence-electron chi connectivity index (χ0n) is 11.2. The van der Waals surface area contributed by atoms with Gasteiger partial charge in [0.15, 0.2) is 0 Å². The fourth-order valence-corrected chi connectivity index (χ4v) is 1.67. The summed E-state index contributed by atoms with van der Waals surface area (Å²) in [6, 6.07) is 14.6. The quantitative estimate of drug-likeness (QED) is 0.682. The van der Waals surface area contributed by atoms with E-state index in [1.165, 1.54) is 17.7 Å². The number of phenolic OH excluding ortho intramolecular Hbond substituents is 1. The van der Waals surface area contributed by atoms with Crippen molar-refractivity contribution >= 4 is 12.0 Å². The van der Waals surface area contributed by atoms with Gasteiger partial charge in [0.25, 0.3) is 0 Å². The van der Waals surface area contributed by atoms with Crippen LogP contribution in [-0.2, 0) is 16.1 Å². The maximum Gasteiger partial charge on any atom is 0.331 e. The third-order valence-electron chi connectivity index (χ3n) is 2.84. The number of ether oxygens (including phenoxy) is 1. The van der Waals surface area contributed by atoms with E-state index >= 15 is 0 Å². The monoisotopic (exact) mass is 268 g/mol. The first-order valence-corrected chi connectivity index (χ1v) is 6.33. The number of carbonyl (C=O) groups is 1. The van der Waals surface area contributed by atoms with Gasteiger partial charge in [0.05, 0.1) is 0 Å². The number of esters is 1. The highest BCUT2D eigenvalue weighted by atomic mass is 16.5. The molecule has 0 heterocycles. The molecular weight excluding hydrogens is 252 g/mol. The minimum atomic E-state index is -0.436. The Hall–Kier alpha value is -2.55. The molecule has 0 saturated heterocycles. The van der Waals surface area contributed by atoms with Crippen LogP contribution in [0.2, 0.25) is 0 Å². The molecule has 3 heteroatoms. The van der Waals surface area contributed by atoms with Gasteiger partial charge < -0.3 is 9.84 Å². The van der Waals surface area contributed by atoms with Crippen LogP contribution in [0.5, 0.6) is 5.75 Å². The van der Waals surface area contributed by atoms with Crippen LogP contribution in [0.1, 0.15) is 16.7 Å². The van der Waals surface area contributed by atoms with Crippen LogP contribution in [0, 0.1) is 6.92 Å². The predicted octanol–water partition coefficient (Wildman–Crippen LogP) is 3.46. The summed E-state index contributed by atoms with van der Waals surface area (Å²) in [4.78, 5) is 11.6. The molecule has 0 aromatic heterocycles. The molecule has 2 aromatic carbocycles. The van der Waals surface area contributed by atoms with Crippen LogP contribution in [0.3, 0.4) is 0 Å². The number of carbonyl (C=O) groups excluding carboxylic acids is 1. The smallest absolute Gasteiger partial charge is 0.331 e. The molecule has 0 fully saturated rings. The number of hydrogen-bond donors (Lipinski definition) is 1. The molecule has 2 rings (SSSR count). The molecule has 102 valence electrons. The lowest BCUT2D eigenvalue weighted by molar-refractivity contribution is -0.138. The topological polar surface area (TPSA) is 46.5 Å². The first kappa shape index (κ1) is 13.9. The highest BCUT2D eigenvalue weighted by molar-refractivity contribution is 5.87. The van der Waals surface area contributed by atoms with Crippen molar-refractivity contribution in [2.75, 3.05) is 0 Å². The lowest BCUT2D eigenvalue weighted by atomic mass is 10.2. The van der Waals surface area contributed by atoms with Crippen molar-refractivity contribution in [3.05, 3.63) is 71.3 Å². The van der Waals surface area contributed by atoms with Crippen molar-refractivity contribution in [3.8, 4) is 5.75 Å². The van der Waals surface area contributed by atoms with Gasteiger partial charge in [-0.15, -0.1) is 0 Å². The number of hydrogen-bond acceptors (Lipinski definition) is 3. The predicted molar refractivity (Wildman–Crippen MR) is 78.1 cm³/mol. The highest BCUT2D eigenvalue weighted by Gasteiger charge is 2.00. The lowest BCUT2D eigenvalue weighted by Crippen LogP contribution is -2.00. The zero-order chi connectivity index (χ0) is 14.4. The highest BCUT2D eigenvalue weighted by Crippen LogP contribution is 2.17. The van der Waals surface area contributed by atoms with Crippen LogP contribution in [0.15, 0.2) is 54.6 Å². The van der Waals surface area contributed by atoms with Crippen molar-refractivity contribution in [2.45, 2.75) is 13.5 Å². The SMILES string of the molecule is Cc1ccc(COC(=O)C=Cc2ccccc2O)cc1. The van der Waals surface area contributed by atoms with Crippen LogP contribution in [-0.4, -0.2) is 11.1 Å². The average Bonchev–Trinajstić information content (AvgIpc) is 2.46. The molecule has 20 heavy (non-hydrogen) atoms. The Morgan fingerprint density at radius 3 is 2.55 bits per heavy atom. The van der Waals surface area contributed by atoms with E-state index in [2.05, 4.69) is 0 Å². The molecular formula is C17H16O3. The van der Waals surface area contributed by atoms with E-state index in [9.17, 15) is 9.90 Å². The Morgan fingerprint density at radius 1 is 1.15 bits per heavy atom. The summed E-state index contributed by atoms with van der Waals surface area (Å²) in [7, 11) is 0. The number of benzene rings is 2. The molecule has 0 aliphatic rings. The fraction of sp³-hybridized carbons (Fsp3) is 0.118. The summed E-state index contributed by atoms with van der Waals surface area (Å²) >= 11 is 0. The van der Waals surface area contributed by atoms with Gasteiger partial charge in [0.2, 0.25) is 0 Å². The molecule has 0 atom stereocenters. The molecule has 0 spiro atoms. The largest absolute Gasteiger partial charge is 0.507 e. The number of aromatic hydroxyl groups is 1. The van der Waals surface area contributed by atoms with Gasteiger partial charge in [0, 0.05) is 11.6 Å². The molecule has 3 nitrogen and oxygen atoms in total. The van der Waals surface area contributed by atoms with Crippen molar-refractivity contribution < 1.29 is 14.6 Å². The third-order valence-corrected chi connectivity index (χ3v) is 2.84. The summed E-state index contributed by atoms with van der Waals surface area (Å²) < 4.78 is 5.12. The first-order chi connectivity index (χ1) is 9.65. The van der Waals surface area contributed by atoms with E-state index in [0.717, 1.165) is 5.56 Å². The van der Waals surface area contributed by atoms with Crippen molar-refractivity contribution in [1.29, 1.82) is 0 Å². The normalized spacial score (nSPS) is 10.7. The van der Waals surface area contributed by atoms with Gasteiger partial charge in [0.1, 0.15) is 12.4 Å². The van der Waals surface area contributed by atoms with Crippen LogP contribution >= 0.6 is 0 Å². The lowest BCUT2D eigenvalue weighted by Gasteiger charge is -2.03. The van der Waals surface area contributed by atoms with E-state index in [1.807, 2.05) is 31.2 Å². The van der Waals surface area contributed by atoms with Gasteiger partial charge in [-0.1, -0.05) is 48.0 Å². The summed E-state index contributed by atoms with van der Waals surface area (Å²) in [5.74, 6) is -0.302. The Labute approximate surface area is 118 Å². The molecule has 2 aromatic rings. The second kappa shape index (κ2) is 6.57. The summed E-state index contributed by atoms with van der Waals surface area (Å²) in [6.45, 7) is 2.25. The number of aryl methyl sites for hydroxylation is 1. The minimum absolute atomic E-state index is 0.134. The van der Waals surface area contributed by atoms with Gasteiger partial charge in [-0.3, -0.25) is 0 Å². The Balaban J connectivity index is 1.90. The molecule has 0 bridgehead atoms. The number of para-hydroxylation sites is 1. The third kappa shape index (κ3) is 3.99. The molecule has 0 aliphatic heterocycles. The van der Waals surface area contributed by atoms with E-state index in [1.54, 1.807) is 24.3 Å². The summed E-state index contributed by atoms with van der Waals surface area (Å²) in [5.41, 5.74) is 2.69. The molecule has 0 amide bonds. The van der Waals surface area contributed by atoms with Crippen LogP contribution in [0.4, 0.5) is 0 Å². The molecule has 0 unspecified atom stereocenters. The van der Waals surface area contributed by atoms with Crippen LogP contribution in [0.25, 0.3) is 6.08 Å². The maximum absolute atomic E-state index is 11.6. The van der Waals surface area contributed by atoms with Gasteiger partial charge in [-0.05, 0) is 24.6 Å². The molecule has 0 radical (unpaired) electrons. The number of phenols is 1. The van der Waals surface area contributed by atoms with Gasteiger partial charge >= 0.3 is 5.97 Å². The van der Waals surface area contributed by atoms with E-state index < -0.39 is 5.97 Å². The summed E-state index contributed by atoms with van der Waals surface area (Å²) in [6.07, 6.45) is 2.84. The van der Waals surface area contributed by atoms with Crippen molar-refractivity contribution in [2.24, 2.45) is 0 Å². The standard InChI is InChI=1S/C17H16O3/c1-13-6-8-14(9-7-13)12-20-17(19)11-10-15-4-2-3-5-16(15)18/h2-11,18H,12H2,1H3. The minimum Gasteiger partial charge on any atom is -0.507 e. The van der Waals surface area contributed by atoms with Crippen LogP contribution < -0.4 is 0 Å². The maximum atomic E-state index is 11.6. The van der Waals surface area contributed by atoms with E-state index in [-0.39, 0.29) is 12.4 Å².